The average Bonchev–Trinajstić information content (AvgIpc) is 2.99. The Balaban J connectivity index is 1.81. The lowest BCUT2D eigenvalue weighted by molar-refractivity contribution is 0.181. The van der Waals surface area contributed by atoms with Crippen LogP contribution < -0.4 is 5.32 Å². The molecule has 6 nitrogen and oxygen atoms in total. The summed E-state index contributed by atoms with van der Waals surface area (Å²) in [5.41, 5.74) is 5.13. The van der Waals surface area contributed by atoms with Crippen LogP contribution in [0.1, 0.15) is 62.2 Å². The van der Waals surface area contributed by atoms with Gasteiger partial charge in [-0.3, -0.25) is 0 Å². The van der Waals surface area contributed by atoms with Crippen molar-refractivity contribution < 1.29 is 4.74 Å². The van der Waals surface area contributed by atoms with Crippen LogP contribution in [0.4, 0.5) is 5.82 Å². The summed E-state index contributed by atoms with van der Waals surface area (Å²) in [6, 6.07) is 12.6. The summed E-state index contributed by atoms with van der Waals surface area (Å²) in [6.07, 6.45) is 0. The van der Waals surface area contributed by atoms with Crippen molar-refractivity contribution in [1.29, 1.82) is 0 Å². The third-order valence-electron chi connectivity index (χ3n) is 4.75. The summed E-state index contributed by atoms with van der Waals surface area (Å²) in [4.78, 5) is 9.38. The molecule has 1 unspecified atom stereocenters. The van der Waals surface area contributed by atoms with Crippen LogP contribution in [0.5, 0.6) is 0 Å². The van der Waals surface area contributed by atoms with Gasteiger partial charge in [-0.2, -0.15) is 5.10 Å². The zero-order valence-electron chi connectivity index (χ0n) is 18.4. The lowest BCUT2D eigenvalue weighted by Gasteiger charge is -2.21. The van der Waals surface area contributed by atoms with Crippen molar-refractivity contribution in [3.63, 3.8) is 0 Å². The first-order chi connectivity index (χ1) is 13.7. The molecular formula is C23H31N5O. The van der Waals surface area contributed by atoms with Crippen LogP contribution in [-0.2, 0) is 16.8 Å². The molecule has 0 spiro atoms. The molecule has 2 heterocycles. The Morgan fingerprint density at radius 3 is 2.31 bits per heavy atom. The first-order valence-electron chi connectivity index (χ1n) is 9.95. The van der Waals surface area contributed by atoms with Gasteiger partial charge in [0.25, 0.3) is 0 Å². The zero-order valence-corrected chi connectivity index (χ0v) is 18.4. The van der Waals surface area contributed by atoms with Crippen molar-refractivity contribution in [3.8, 4) is 5.69 Å². The van der Waals surface area contributed by atoms with E-state index >= 15 is 0 Å². The van der Waals surface area contributed by atoms with Gasteiger partial charge in [0.05, 0.1) is 23.7 Å². The van der Waals surface area contributed by atoms with Crippen molar-refractivity contribution in [2.75, 3.05) is 12.4 Å². The molecule has 1 atom stereocenters. The fraction of sp³-hybridized carbons (Fsp3) is 0.435. The average molecular weight is 394 g/mol. The van der Waals surface area contributed by atoms with Gasteiger partial charge in [-0.05, 0) is 44.5 Å². The van der Waals surface area contributed by atoms with Crippen LogP contribution in [-0.4, -0.2) is 26.9 Å². The normalized spacial score (nSPS) is 12.8. The van der Waals surface area contributed by atoms with E-state index in [9.17, 15) is 0 Å². The third kappa shape index (κ3) is 5.01. The topological polar surface area (TPSA) is 64.9 Å². The largest absolute Gasteiger partial charge is 0.378 e. The molecule has 0 saturated carbocycles. The summed E-state index contributed by atoms with van der Waals surface area (Å²) in [6.45, 7) is 13.0. The van der Waals surface area contributed by atoms with Crippen LogP contribution in [0.2, 0.25) is 0 Å². The van der Waals surface area contributed by atoms with Crippen LogP contribution in [0.25, 0.3) is 5.69 Å². The first-order valence-corrected chi connectivity index (χ1v) is 9.95. The number of anilines is 1. The van der Waals surface area contributed by atoms with E-state index in [0.717, 1.165) is 34.4 Å². The van der Waals surface area contributed by atoms with Crippen molar-refractivity contribution in [2.24, 2.45) is 0 Å². The molecule has 1 aromatic carbocycles. The van der Waals surface area contributed by atoms with Gasteiger partial charge in [-0.1, -0.05) is 32.9 Å². The lowest BCUT2D eigenvalue weighted by Crippen LogP contribution is -2.19. The predicted molar refractivity (Wildman–Crippen MR) is 117 cm³/mol. The lowest BCUT2D eigenvalue weighted by atomic mass is 9.95. The van der Waals surface area contributed by atoms with Gasteiger partial charge in [-0.25, -0.2) is 14.6 Å². The van der Waals surface area contributed by atoms with Gasteiger partial charge in [0.2, 0.25) is 0 Å². The number of hydrogen-bond acceptors (Lipinski definition) is 5. The van der Waals surface area contributed by atoms with Gasteiger partial charge >= 0.3 is 0 Å². The maximum atomic E-state index is 5.28. The minimum absolute atomic E-state index is 0.0996. The molecule has 0 aliphatic rings. The highest BCUT2D eigenvalue weighted by molar-refractivity contribution is 5.42. The van der Waals surface area contributed by atoms with Crippen LogP contribution >= 0.6 is 0 Å². The van der Waals surface area contributed by atoms with E-state index in [-0.39, 0.29) is 11.5 Å². The molecule has 3 rings (SSSR count). The number of nitrogens with one attached hydrogen (secondary N) is 1. The van der Waals surface area contributed by atoms with E-state index in [1.165, 1.54) is 5.56 Å². The summed E-state index contributed by atoms with van der Waals surface area (Å²) in [5, 5.41) is 8.07. The number of ether oxygens (including phenoxy) is 1. The summed E-state index contributed by atoms with van der Waals surface area (Å²) in [7, 11) is 1.68. The SMILES string of the molecule is COCc1cc(NC(C)c2ccc(-n3nc(C)cc3C)cc2)nc(C(C)(C)C)n1. The molecule has 0 aliphatic carbocycles. The van der Waals surface area contributed by atoms with E-state index in [1.54, 1.807) is 7.11 Å². The van der Waals surface area contributed by atoms with Gasteiger partial charge in [0, 0.05) is 30.3 Å². The van der Waals surface area contributed by atoms with Crippen molar-refractivity contribution in [3.05, 3.63) is 64.9 Å². The summed E-state index contributed by atoms with van der Waals surface area (Å²) in [5.74, 6) is 1.62. The molecule has 0 amide bonds. The van der Waals surface area contributed by atoms with E-state index in [0.29, 0.717) is 6.61 Å². The standard InChI is InChI=1S/C23H31N5O/c1-15-12-16(2)28(27-15)20-10-8-18(9-11-20)17(3)24-21-13-19(14-29-7)25-22(26-21)23(4,5)6/h8-13,17H,14H2,1-7H3,(H,24,25,26). The Morgan fingerprint density at radius 2 is 1.76 bits per heavy atom. The first kappa shape index (κ1) is 21.0. The Kier molecular flexibility index (Phi) is 6.03. The molecule has 0 bridgehead atoms. The molecular weight excluding hydrogens is 362 g/mol. The highest BCUT2D eigenvalue weighted by Gasteiger charge is 2.20. The number of benzene rings is 1. The summed E-state index contributed by atoms with van der Waals surface area (Å²) < 4.78 is 7.25. The second-order valence-electron chi connectivity index (χ2n) is 8.55. The highest BCUT2D eigenvalue weighted by Crippen LogP contribution is 2.24. The van der Waals surface area contributed by atoms with Crippen LogP contribution in [0.15, 0.2) is 36.4 Å². The quantitative estimate of drug-likeness (QED) is 0.645. The van der Waals surface area contributed by atoms with E-state index in [1.807, 2.05) is 17.7 Å². The Bertz CT molecular complexity index is 970. The predicted octanol–water partition coefficient (Wildman–Crippen LogP) is 4.90. The van der Waals surface area contributed by atoms with E-state index < -0.39 is 0 Å². The Morgan fingerprint density at radius 1 is 1.07 bits per heavy atom. The van der Waals surface area contributed by atoms with Crippen molar-refractivity contribution >= 4 is 5.82 Å². The highest BCUT2D eigenvalue weighted by atomic mass is 16.5. The number of rotatable bonds is 6. The zero-order chi connectivity index (χ0) is 21.2. The van der Waals surface area contributed by atoms with Gasteiger partial charge in [0.15, 0.2) is 0 Å². The van der Waals surface area contributed by atoms with E-state index in [2.05, 4.69) is 80.3 Å². The molecule has 3 aromatic rings. The number of aryl methyl sites for hydroxylation is 2. The number of methoxy groups -OCH3 is 1. The molecule has 154 valence electrons. The fourth-order valence-electron chi connectivity index (χ4n) is 3.23. The molecule has 29 heavy (non-hydrogen) atoms. The van der Waals surface area contributed by atoms with Gasteiger partial charge in [-0.15, -0.1) is 0 Å². The van der Waals surface area contributed by atoms with Crippen LogP contribution in [0.3, 0.4) is 0 Å². The van der Waals surface area contributed by atoms with Gasteiger partial charge in [0.1, 0.15) is 11.6 Å². The number of hydrogen-bond donors (Lipinski definition) is 1. The van der Waals surface area contributed by atoms with Crippen LogP contribution in [0, 0.1) is 13.8 Å². The summed E-state index contributed by atoms with van der Waals surface area (Å²) >= 11 is 0. The van der Waals surface area contributed by atoms with Gasteiger partial charge < -0.3 is 10.1 Å². The minimum atomic E-state index is -0.134. The smallest absolute Gasteiger partial charge is 0.136 e. The van der Waals surface area contributed by atoms with Crippen molar-refractivity contribution in [1.82, 2.24) is 19.7 Å². The maximum absolute atomic E-state index is 5.28. The molecule has 0 fully saturated rings. The molecule has 0 radical (unpaired) electrons. The molecule has 1 N–H and O–H groups in total. The Hall–Kier alpha value is -2.73. The van der Waals surface area contributed by atoms with Crippen molar-refractivity contribution in [2.45, 2.75) is 59.6 Å². The molecule has 6 heteroatoms. The second kappa shape index (κ2) is 8.33. The molecule has 0 aliphatic heterocycles. The second-order valence-corrected chi connectivity index (χ2v) is 8.55. The fourth-order valence-corrected chi connectivity index (χ4v) is 3.23. The number of aromatic nitrogens is 4. The number of nitrogens with zero attached hydrogens (tertiary/aromatic N) is 4. The van der Waals surface area contributed by atoms with E-state index in [4.69, 9.17) is 9.72 Å². The monoisotopic (exact) mass is 393 g/mol. The molecule has 2 aromatic heterocycles. The Labute approximate surface area is 173 Å². The maximum Gasteiger partial charge on any atom is 0.136 e. The minimum Gasteiger partial charge on any atom is -0.378 e. The molecule has 0 saturated heterocycles. The third-order valence-corrected chi connectivity index (χ3v) is 4.75.